The number of carbonyl (C=O) groups excluding carboxylic acids is 2. The van der Waals surface area contributed by atoms with E-state index in [0.717, 1.165) is 32.1 Å². The minimum Gasteiger partial charge on any atom is -0.368 e. The van der Waals surface area contributed by atoms with Crippen molar-refractivity contribution in [2.45, 2.75) is 57.9 Å². The van der Waals surface area contributed by atoms with E-state index in [2.05, 4.69) is 36.5 Å². The van der Waals surface area contributed by atoms with Crippen LogP contribution in [0.3, 0.4) is 0 Å². The molecule has 128 valence electrons. The van der Waals surface area contributed by atoms with Gasteiger partial charge in [0.15, 0.2) is 0 Å². The molecule has 1 rings (SSSR count). The molecule has 0 aromatic heterocycles. The lowest BCUT2D eigenvalue weighted by Crippen LogP contribution is -2.36. The van der Waals surface area contributed by atoms with Gasteiger partial charge in [0, 0.05) is 13.0 Å². The van der Waals surface area contributed by atoms with E-state index < -0.39 is 11.9 Å². The smallest absolute Gasteiger partial charge is 0.234 e. The van der Waals surface area contributed by atoms with E-state index >= 15 is 0 Å². The van der Waals surface area contributed by atoms with Crippen molar-refractivity contribution < 1.29 is 9.59 Å². The summed E-state index contributed by atoms with van der Waals surface area (Å²) in [5, 5.41) is 2.93. The van der Waals surface area contributed by atoms with E-state index in [1.54, 1.807) is 0 Å². The summed E-state index contributed by atoms with van der Waals surface area (Å²) in [5.41, 5.74) is 13.2. The summed E-state index contributed by atoms with van der Waals surface area (Å²) in [4.78, 5) is 22.5. The van der Waals surface area contributed by atoms with Crippen molar-refractivity contribution in [2.24, 2.45) is 11.5 Å². The number of hydrogen-bond donors (Lipinski definition) is 3. The van der Waals surface area contributed by atoms with E-state index in [1.165, 1.54) is 11.1 Å². The highest BCUT2D eigenvalue weighted by Crippen LogP contribution is 2.07. The van der Waals surface area contributed by atoms with Gasteiger partial charge in [-0.25, -0.2) is 0 Å². The Morgan fingerprint density at radius 1 is 1.09 bits per heavy atom. The lowest BCUT2D eigenvalue weighted by Gasteiger charge is -2.08. The highest BCUT2D eigenvalue weighted by atomic mass is 16.2. The van der Waals surface area contributed by atoms with Crippen LogP contribution in [-0.4, -0.2) is 24.4 Å². The first-order valence-corrected chi connectivity index (χ1v) is 8.36. The predicted octanol–water partition coefficient (Wildman–Crippen LogP) is 1.81. The molecule has 0 heterocycles. The molecular formula is C18H29N3O2. The molecule has 2 amide bonds. The summed E-state index contributed by atoms with van der Waals surface area (Å²) in [7, 11) is 0. The van der Waals surface area contributed by atoms with E-state index in [4.69, 9.17) is 11.5 Å². The monoisotopic (exact) mass is 319 g/mol. The molecule has 0 spiro atoms. The fourth-order valence-electron chi connectivity index (χ4n) is 2.33. The van der Waals surface area contributed by atoms with E-state index in [1.807, 2.05) is 0 Å². The zero-order chi connectivity index (χ0) is 17.1. The van der Waals surface area contributed by atoms with Crippen LogP contribution in [-0.2, 0) is 16.0 Å². The lowest BCUT2D eigenvalue weighted by atomic mass is 10.1. The number of aryl methyl sites for hydroxylation is 2. The van der Waals surface area contributed by atoms with Gasteiger partial charge in [-0.3, -0.25) is 9.59 Å². The molecule has 1 atom stereocenters. The zero-order valence-electron chi connectivity index (χ0n) is 14.0. The van der Waals surface area contributed by atoms with Crippen molar-refractivity contribution in [1.82, 2.24) is 5.32 Å². The van der Waals surface area contributed by atoms with Gasteiger partial charge in [0.2, 0.25) is 11.8 Å². The maximum atomic E-state index is 11.7. The van der Waals surface area contributed by atoms with Gasteiger partial charge in [0.1, 0.15) is 0 Å². The molecule has 5 N–H and O–H groups in total. The SMILES string of the molecule is Cc1ccc(CCCC(=O)NCCCCCC(N)C(N)=O)cc1. The third-order valence-corrected chi connectivity index (χ3v) is 3.87. The van der Waals surface area contributed by atoms with Crippen LogP contribution < -0.4 is 16.8 Å². The highest BCUT2D eigenvalue weighted by Gasteiger charge is 2.07. The molecule has 0 bridgehead atoms. The number of nitrogens with two attached hydrogens (primary N) is 2. The summed E-state index contributed by atoms with van der Waals surface area (Å²) in [6.07, 6.45) is 5.65. The van der Waals surface area contributed by atoms with Crippen LogP contribution in [0.15, 0.2) is 24.3 Å². The van der Waals surface area contributed by atoms with Crippen molar-refractivity contribution >= 4 is 11.8 Å². The second kappa shape index (κ2) is 10.8. The van der Waals surface area contributed by atoms with Gasteiger partial charge in [-0.2, -0.15) is 0 Å². The van der Waals surface area contributed by atoms with Crippen LogP contribution in [0, 0.1) is 6.92 Å². The number of benzene rings is 1. The highest BCUT2D eigenvalue weighted by molar-refractivity contribution is 5.79. The van der Waals surface area contributed by atoms with E-state index in [-0.39, 0.29) is 5.91 Å². The molecule has 5 heteroatoms. The normalized spacial score (nSPS) is 11.9. The Morgan fingerprint density at radius 2 is 1.78 bits per heavy atom. The molecule has 0 radical (unpaired) electrons. The van der Waals surface area contributed by atoms with Gasteiger partial charge < -0.3 is 16.8 Å². The van der Waals surface area contributed by atoms with Crippen molar-refractivity contribution in [3.05, 3.63) is 35.4 Å². The Hall–Kier alpha value is -1.88. The molecule has 5 nitrogen and oxygen atoms in total. The van der Waals surface area contributed by atoms with Crippen molar-refractivity contribution in [2.75, 3.05) is 6.54 Å². The summed E-state index contributed by atoms with van der Waals surface area (Å²) in [6.45, 7) is 2.74. The largest absolute Gasteiger partial charge is 0.368 e. The maximum Gasteiger partial charge on any atom is 0.234 e. The van der Waals surface area contributed by atoms with Crippen molar-refractivity contribution in [3.8, 4) is 0 Å². The first-order chi connectivity index (χ1) is 11.0. The lowest BCUT2D eigenvalue weighted by molar-refractivity contribution is -0.121. The van der Waals surface area contributed by atoms with Gasteiger partial charge in [-0.1, -0.05) is 42.7 Å². The molecule has 0 saturated carbocycles. The average molecular weight is 319 g/mol. The third-order valence-electron chi connectivity index (χ3n) is 3.87. The second-order valence-corrected chi connectivity index (χ2v) is 6.05. The summed E-state index contributed by atoms with van der Waals surface area (Å²) in [6, 6.07) is 7.87. The minimum absolute atomic E-state index is 0.103. The number of primary amides is 1. The van der Waals surface area contributed by atoms with E-state index in [0.29, 0.717) is 19.4 Å². The van der Waals surface area contributed by atoms with Gasteiger partial charge >= 0.3 is 0 Å². The molecule has 1 unspecified atom stereocenters. The minimum atomic E-state index is -0.550. The number of hydrogen-bond acceptors (Lipinski definition) is 3. The van der Waals surface area contributed by atoms with Gasteiger partial charge in [-0.15, -0.1) is 0 Å². The number of rotatable bonds is 11. The molecular weight excluding hydrogens is 290 g/mol. The van der Waals surface area contributed by atoms with Gasteiger partial charge in [-0.05, 0) is 38.2 Å². The number of carbonyl (C=O) groups is 2. The molecule has 0 aliphatic heterocycles. The molecule has 0 fully saturated rings. The van der Waals surface area contributed by atoms with Crippen molar-refractivity contribution in [1.29, 1.82) is 0 Å². The Morgan fingerprint density at radius 3 is 2.43 bits per heavy atom. The quantitative estimate of drug-likeness (QED) is 0.542. The second-order valence-electron chi connectivity index (χ2n) is 6.05. The average Bonchev–Trinajstić information content (AvgIpc) is 2.52. The molecule has 0 aliphatic carbocycles. The number of unbranched alkanes of at least 4 members (excludes halogenated alkanes) is 2. The Balaban J connectivity index is 2.00. The van der Waals surface area contributed by atoms with Gasteiger partial charge in [0.25, 0.3) is 0 Å². The molecule has 1 aromatic carbocycles. The maximum absolute atomic E-state index is 11.7. The van der Waals surface area contributed by atoms with E-state index in [9.17, 15) is 9.59 Å². The Kier molecular flexibility index (Phi) is 8.98. The zero-order valence-corrected chi connectivity index (χ0v) is 14.0. The van der Waals surface area contributed by atoms with Crippen LogP contribution in [0.1, 0.15) is 49.7 Å². The number of amides is 2. The van der Waals surface area contributed by atoms with Crippen LogP contribution in [0.25, 0.3) is 0 Å². The Bertz CT molecular complexity index is 486. The van der Waals surface area contributed by atoms with Crippen LogP contribution in [0.5, 0.6) is 0 Å². The first kappa shape index (κ1) is 19.2. The fraction of sp³-hybridized carbons (Fsp3) is 0.556. The standard InChI is InChI=1S/C18H29N3O2/c1-14-9-11-15(12-10-14)6-5-8-17(22)21-13-4-2-3-7-16(19)18(20)23/h9-12,16H,2-8,13,19H2,1H3,(H2,20,23)(H,21,22). The first-order valence-electron chi connectivity index (χ1n) is 8.36. The fourth-order valence-corrected chi connectivity index (χ4v) is 2.33. The summed E-state index contributed by atoms with van der Waals surface area (Å²) in [5.74, 6) is -0.349. The van der Waals surface area contributed by atoms with Crippen LogP contribution in [0.4, 0.5) is 0 Å². The molecule has 23 heavy (non-hydrogen) atoms. The molecule has 1 aromatic rings. The van der Waals surface area contributed by atoms with Crippen molar-refractivity contribution in [3.63, 3.8) is 0 Å². The van der Waals surface area contributed by atoms with Gasteiger partial charge in [0.05, 0.1) is 6.04 Å². The summed E-state index contributed by atoms with van der Waals surface area (Å²) >= 11 is 0. The predicted molar refractivity (Wildman–Crippen MR) is 92.8 cm³/mol. The van der Waals surface area contributed by atoms with Crippen LogP contribution in [0.2, 0.25) is 0 Å². The number of nitrogens with one attached hydrogen (secondary N) is 1. The molecule has 0 saturated heterocycles. The topological polar surface area (TPSA) is 98.2 Å². The Labute approximate surface area is 138 Å². The van der Waals surface area contributed by atoms with Crippen LogP contribution >= 0.6 is 0 Å². The summed E-state index contributed by atoms with van der Waals surface area (Å²) < 4.78 is 0. The molecule has 0 aliphatic rings. The third kappa shape index (κ3) is 8.98.